The number of ether oxygens (including phenoxy) is 1. The van der Waals surface area contributed by atoms with E-state index in [4.69, 9.17) is 9.57 Å². The van der Waals surface area contributed by atoms with Gasteiger partial charge in [-0.05, 0) is 44.5 Å². The summed E-state index contributed by atoms with van der Waals surface area (Å²) in [6.07, 6.45) is 4.20. The van der Waals surface area contributed by atoms with Gasteiger partial charge >= 0.3 is 0 Å². The van der Waals surface area contributed by atoms with Crippen molar-refractivity contribution in [3.63, 3.8) is 0 Å². The number of hydrogen-bond acceptors (Lipinski definition) is 4. The molecule has 2 heterocycles. The number of aromatic nitrogens is 1. The van der Waals surface area contributed by atoms with Crippen molar-refractivity contribution >= 4 is 5.69 Å². The molecule has 0 radical (unpaired) electrons. The average Bonchev–Trinajstić information content (AvgIpc) is 2.91. The molecule has 2 aromatic rings. The molecule has 0 amide bonds. The summed E-state index contributed by atoms with van der Waals surface area (Å²) >= 11 is 0. The summed E-state index contributed by atoms with van der Waals surface area (Å²) in [5.41, 5.74) is 1.92. The van der Waals surface area contributed by atoms with Crippen LogP contribution in [0.2, 0.25) is 0 Å². The molecular weight excluding hydrogens is 276 g/mol. The van der Waals surface area contributed by atoms with Crippen LogP contribution >= 0.6 is 0 Å². The average molecular weight is 298 g/mol. The first kappa shape index (κ1) is 15.0. The van der Waals surface area contributed by atoms with Gasteiger partial charge in [0.2, 0.25) is 0 Å². The standard InChI is InChI=1S/C18H22N2O2/c1-18(2,3)21-17-12-16(14-8-7-11-19-13-14)20(22-17)15-9-5-4-6-10-15/h4-11,13,16-17H,12H2,1-3H3/t16-,17+/m0/s1. The fourth-order valence-electron chi connectivity index (χ4n) is 2.65. The van der Waals surface area contributed by atoms with Crippen LogP contribution in [-0.4, -0.2) is 16.9 Å². The number of hydrogen-bond donors (Lipinski definition) is 0. The summed E-state index contributed by atoms with van der Waals surface area (Å²) in [5.74, 6) is 0. The van der Waals surface area contributed by atoms with Gasteiger partial charge in [0.25, 0.3) is 0 Å². The van der Waals surface area contributed by atoms with Crippen molar-refractivity contribution in [1.29, 1.82) is 0 Å². The van der Waals surface area contributed by atoms with Gasteiger partial charge in [-0.15, -0.1) is 0 Å². The van der Waals surface area contributed by atoms with E-state index in [1.807, 2.05) is 68.4 Å². The van der Waals surface area contributed by atoms with Gasteiger partial charge in [-0.3, -0.25) is 4.98 Å². The summed E-state index contributed by atoms with van der Waals surface area (Å²) in [7, 11) is 0. The van der Waals surface area contributed by atoms with Crippen molar-refractivity contribution in [2.45, 2.75) is 45.1 Å². The van der Waals surface area contributed by atoms with Crippen LogP contribution in [0.3, 0.4) is 0 Å². The van der Waals surface area contributed by atoms with Crippen molar-refractivity contribution in [3.8, 4) is 0 Å². The highest BCUT2D eigenvalue weighted by molar-refractivity contribution is 5.46. The molecule has 0 bridgehead atoms. The lowest BCUT2D eigenvalue weighted by molar-refractivity contribution is -0.176. The summed E-state index contributed by atoms with van der Waals surface area (Å²) in [6.45, 7) is 6.13. The zero-order chi connectivity index (χ0) is 15.6. The van der Waals surface area contributed by atoms with Crippen molar-refractivity contribution in [2.75, 3.05) is 5.06 Å². The normalized spacial score (nSPS) is 22.0. The second-order valence-corrected chi connectivity index (χ2v) is 6.46. The van der Waals surface area contributed by atoms with Gasteiger partial charge in [-0.25, -0.2) is 9.90 Å². The van der Waals surface area contributed by atoms with Gasteiger partial charge in [-0.1, -0.05) is 24.3 Å². The van der Waals surface area contributed by atoms with E-state index in [2.05, 4.69) is 11.1 Å². The van der Waals surface area contributed by atoms with E-state index in [0.29, 0.717) is 0 Å². The summed E-state index contributed by atoms with van der Waals surface area (Å²) in [4.78, 5) is 10.3. The maximum atomic E-state index is 6.07. The second-order valence-electron chi connectivity index (χ2n) is 6.46. The molecule has 1 aromatic carbocycles. The minimum atomic E-state index is -0.259. The van der Waals surface area contributed by atoms with E-state index < -0.39 is 0 Å². The van der Waals surface area contributed by atoms with Crippen LogP contribution in [0, 0.1) is 0 Å². The number of anilines is 1. The van der Waals surface area contributed by atoms with Crippen LogP contribution in [0.5, 0.6) is 0 Å². The maximum absolute atomic E-state index is 6.07. The molecule has 0 aliphatic carbocycles. The summed E-state index contributed by atoms with van der Waals surface area (Å²) < 4.78 is 6.02. The third-order valence-electron chi connectivity index (χ3n) is 3.49. The Morgan fingerprint density at radius 3 is 2.55 bits per heavy atom. The van der Waals surface area contributed by atoms with Gasteiger partial charge in [-0.2, -0.15) is 0 Å². The monoisotopic (exact) mass is 298 g/mol. The fraction of sp³-hybridized carbons (Fsp3) is 0.389. The molecular formula is C18H22N2O2. The Hall–Kier alpha value is -1.91. The van der Waals surface area contributed by atoms with Gasteiger partial charge < -0.3 is 4.74 Å². The van der Waals surface area contributed by atoms with E-state index in [1.54, 1.807) is 6.20 Å². The molecule has 1 aliphatic heterocycles. The molecule has 4 heteroatoms. The molecule has 0 saturated carbocycles. The Balaban J connectivity index is 1.87. The number of hydroxylamine groups is 1. The third kappa shape index (κ3) is 3.46. The molecule has 116 valence electrons. The molecule has 4 nitrogen and oxygen atoms in total. The van der Waals surface area contributed by atoms with E-state index in [-0.39, 0.29) is 17.9 Å². The van der Waals surface area contributed by atoms with E-state index >= 15 is 0 Å². The first-order valence-corrected chi connectivity index (χ1v) is 7.62. The second kappa shape index (κ2) is 6.07. The van der Waals surface area contributed by atoms with Gasteiger partial charge in [0.1, 0.15) is 0 Å². The molecule has 1 aromatic heterocycles. The van der Waals surface area contributed by atoms with Gasteiger partial charge in [0.05, 0.1) is 17.3 Å². The molecule has 0 spiro atoms. The number of para-hydroxylation sites is 1. The Kier molecular flexibility index (Phi) is 4.14. The topological polar surface area (TPSA) is 34.6 Å². The molecule has 0 N–H and O–H groups in total. The predicted molar refractivity (Wildman–Crippen MR) is 86.2 cm³/mol. The number of nitrogens with zero attached hydrogens (tertiary/aromatic N) is 2. The first-order valence-electron chi connectivity index (χ1n) is 7.62. The SMILES string of the molecule is CC(C)(C)O[C@H]1C[C@@H](c2cccnc2)N(c2ccccc2)O1. The van der Waals surface area contributed by atoms with E-state index in [0.717, 1.165) is 17.7 Å². The van der Waals surface area contributed by atoms with E-state index in [9.17, 15) is 0 Å². The van der Waals surface area contributed by atoms with E-state index in [1.165, 1.54) is 0 Å². The van der Waals surface area contributed by atoms with Crippen LogP contribution in [0.15, 0.2) is 54.9 Å². The zero-order valence-corrected chi connectivity index (χ0v) is 13.3. The van der Waals surface area contributed by atoms with Crippen molar-refractivity contribution in [3.05, 3.63) is 60.4 Å². The van der Waals surface area contributed by atoms with Crippen LogP contribution in [0.1, 0.15) is 38.8 Å². The van der Waals surface area contributed by atoms with Crippen molar-refractivity contribution in [1.82, 2.24) is 4.98 Å². The predicted octanol–water partition coefficient (Wildman–Crippen LogP) is 4.11. The molecule has 1 saturated heterocycles. The summed E-state index contributed by atoms with van der Waals surface area (Å²) in [6, 6.07) is 14.2. The Bertz CT molecular complexity index is 548. The number of benzene rings is 1. The highest BCUT2D eigenvalue weighted by Gasteiger charge is 2.37. The Morgan fingerprint density at radius 2 is 1.91 bits per heavy atom. The van der Waals surface area contributed by atoms with Crippen LogP contribution in [-0.2, 0) is 9.57 Å². The van der Waals surface area contributed by atoms with Gasteiger partial charge in [0.15, 0.2) is 6.29 Å². The van der Waals surface area contributed by atoms with Gasteiger partial charge in [0, 0.05) is 18.8 Å². The minimum Gasteiger partial charge on any atom is -0.344 e. The fourth-order valence-corrected chi connectivity index (χ4v) is 2.65. The van der Waals surface area contributed by atoms with Crippen LogP contribution in [0.25, 0.3) is 0 Å². The lowest BCUT2D eigenvalue weighted by Crippen LogP contribution is -2.28. The Labute approximate surface area is 131 Å². The van der Waals surface area contributed by atoms with Crippen molar-refractivity contribution in [2.24, 2.45) is 0 Å². The minimum absolute atomic E-state index is 0.100. The highest BCUT2D eigenvalue weighted by Crippen LogP contribution is 2.39. The maximum Gasteiger partial charge on any atom is 0.186 e. The Morgan fingerprint density at radius 1 is 1.14 bits per heavy atom. The molecule has 0 unspecified atom stereocenters. The number of rotatable bonds is 3. The molecule has 2 atom stereocenters. The molecule has 3 rings (SSSR count). The number of pyridine rings is 1. The van der Waals surface area contributed by atoms with Crippen LogP contribution < -0.4 is 5.06 Å². The smallest absolute Gasteiger partial charge is 0.186 e. The molecule has 22 heavy (non-hydrogen) atoms. The lowest BCUT2D eigenvalue weighted by Gasteiger charge is -2.26. The third-order valence-corrected chi connectivity index (χ3v) is 3.49. The first-order chi connectivity index (χ1) is 10.5. The van der Waals surface area contributed by atoms with Crippen molar-refractivity contribution < 1.29 is 9.57 Å². The quantitative estimate of drug-likeness (QED) is 0.854. The molecule has 1 fully saturated rings. The summed E-state index contributed by atoms with van der Waals surface area (Å²) in [5, 5.41) is 1.94. The highest BCUT2D eigenvalue weighted by atomic mass is 16.8. The zero-order valence-electron chi connectivity index (χ0n) is 13.3. The largest absolute Gasteiger partial charge is 0.344 e. The molecule has 1 aliphatic rings. The lowest BCUT2D eigenvalue weighted by atomic mass is 10.1. The van der Waals surface area contributed by atoms with Crippen LogP contribution in [0.4, 0.5) is 5.69 Å².